The van der Waals surface area contributed by atoms with Crippen LogP contribution in [0.1, 0.15) is 27.4 Å². The summed E-state index contributed by atoms with van der Waals surface area (Å²) in [6.07, 6.45) is 1.98. The van der Waals surface area contributed by atoms with Gasteiger partial charge in [-0.05, 0) is 29.3 Å². The quantitative estimate of drug-likeness (QED) is 0.315. The van der Waals surface area contributed by atoms with Crippen molar-refractivity contribution in [2.45, 2.75) is 5.92 Å². The lowest BCUT2D eigenvalue weighted by atomic mass is 9.91. The van der Waals surface area contributed by atoms with Crippen LogP contribution in [0.3, 0.4) is 0 Å². The molecule has 0 fully saturated rings. The van der Waals surface area contributed by atoms with E-state index in [0.717, 1.165) is 22.0 Å². The van der Waals surface area contributed by atoms with Crippen LogP contribution in [0.5, 0.6) is 0 Å². The summed E-state index contributed by atoms with van der Waals surface area (Å²) in [5.41, 5.74) is 8.74. The van der Waals surface area contributed by atoms with E-state index in [1.165, 1.54) is 18.2 Å². The number of nitro benzene ring substituents is 1. The first-order valence-electron chi connectivity index (χ1n) is 9.47. The fraction of sp³-hybridized carbons (Fsp3) is 0.0870. The van der Waals surface area contributed by atoms with E-state index in [-0.39, 0.29) is 17.2 Å². The van der Waals surface area contributed by atoms with Gasteiger partial charge >= 0.3 is 0 Å². The number of nitrogens with zero attached hydrogens (tertiary/aromatic N) is 1. The van der Waals surface area contributed by atoms with Crippen molar-refractivity contribution in [1.29, 1.82) is 0 Å². The first kappa shape index (κ1) is 19.2. The summed E-state index contributed by atoms with van der Waals surface area (Å²) in [5.74, 6) is -0.747. The second-order valence-electron chi connectivity index (χ2n) is 6.99. The SMILES string of the molecule is NC(=O)c1ccc(NC[C@H](c2ccccc2)c2c[nH]c3ccccc23)c([N+](=O)[O-])c1. The molecule has 0 radical (unpaired) electrons. The van der Waals surface area contributed by atoms with Gasteiger partial charge in [0.1, 0.15) is 5.69 Å². The minimum absolute atomic E-state index is 0.0437. The fourth-order valence-corrected chi connectivity index (χ4v) is 3.67. The lowest BCUT2D eigenvalue weighted by molar-refractivity contribution is -0.384. The van der Waals surface area contributed by atoms with Crippen molar-refractivity contribution in [3.63, 3.8) is 0 Å². The summed E-state index contributed by atoms with van der Waals surface area (Å²) >= 11 is 0. The van der Waals surface area contributed by atoms with Crippen LogP contribution in [0.4, 0.5) is 11.4 Å². The van der Waals surface area contributed by atoms with Crippen molar-refractivity contribution < 1.29 is 9.72 Å². The molecule has 3 aromatic carbocycles. The Kier molecular flexibility index (Phi) is 5.17. The monoisotopic (exact) mass is 400 g/mol. The molecule has 4 N–H and O–H groups in total. The summed E-state index contributed by atoms with van der Waals surface area (Å²) in [5, 5.41) is 15.8. The van der Waals surface area contributed by atoms with Crippen LogP contribution in [0.2, 0.25) is 0 Å². The number of hydrogen-bond acceptors (Lipinski definition) is 4. The standard InChI is InChI=1S/C23H20N4O3/c24-23(28)16-10-11-21(22(12-16)27(29)30)26-13-18(15-6-2-1-3-7-15)19-14-25-20-9-5-4-8-17(19)20/h1-12,14,18,25-26H,13H2,(H2,24,28)/t18-/m1/s1. The van der Waals surface area contributed by atoms with E-state index in [0.29, 0.717) is 12.2 Å². The van der Waals surface area contributed by atoms with Gasteiger partial charge < -0.3 is 16.0 Å². The van der Waals surface area contributed by atoms with Gasteiger partial charge in [-0.3, -0.25) is 14.9 Å². The van der Waals surface area contributed by atoms with Crippen LogP contribution >= 0.6 is 0 Å². The van der Waals surface area contributed by atoms with Crippen molar-refractivity contribution in [3.05, 3.63) is 106 Å². The Bertz CT molecular complexity index is 1220. The molecule has 4 rings (SSSR count). The highest BCUT2D eigenvalue weighted by Crippen LogP contribution is 2.33. The molecular formula is C23H20N4O3. The Morgan fingerprint density at radius 1 is 1.07 bits per heavy atom. The van der Waals surface area contributed by atoms with Crippen LogP contribution in [0.15, 0.2) is 79.0 Å². The van der Waals surface area contributed by atoms with Crippen LogP contribution in [0, 0.1) is 10.1 Å². The van der Waals surface area contributed by atoms with E-state index < -0.39 is 10.8 Å². The molecule has 0 aliphatic carbocycles. The maximum atomic E-state index is 11.5. The highest BCUT2D eigenvalue weighted by molar-refractivity contribution is 5.94. The van der Waals surface area contributed by atoms with Crippen molar-refractivity contribution in [3.8, 4) is 0 Å². The van der Waals surface area contributed by atoms with E-state index >= 15 is 0 Å². The third kappa shape index (κ3) is 3.73. The van der Waals surface area contributed by atoms with Crippen LogP contribution in [-0.2, 0) is 0 Å². The molecule has 0 bridgehead atoms. The average Bonchev–Trinajstić information content (AvgIpc) is 3.18. The molecule has 0 aliphatic rings. The van der Waals surface area contributed by atoms with Gasteiger partial charge in [-0.25, -0.2) is 0 Å². The number of anilines is 1. The van der Waals surface area contributed by atoms with E-state index in [1.807, 2.05) is 54.7 Å². The number of amides is 1. The minimum atomic E-state index is -0.703. The molecule has 7 heteroatoms. The number of primary amides is 1. The number of nitrogens with one attached hydrogen (secondary N) is 2. The highest BCUT2D eigenvalue weighted by atomic mass is 16.6. The molecule has 0 saturated carbocycles. The predicted molar refractivity (Wildman–Crippen MR) is 117 cm³/mol. The highest BCUT2D eigenvalue weighted by Gasteiger charge is 2.21. The topological polar surface area (TPSA) is 114 Å². The third-order valence-corrected chi connectivity index (χ3v) is 5.17. The van der Waals surface area contributed by atoms with Gasteiger partial charge in [0.05, 0.1) is 4.92 Å². The number of nitrogens with two attached hydrogens (primary N) is 1. The van der Waals surface area contributed by atoms with Gasteiger partial charge in [0, 0.05) is 41.2 Å². The summed E-state index contributed by atoms with van der Waals surface area (Å²) in [6.45, 7) is 0.433. The molecule has 1 atom stereocenters. The van der Waals surface area contributed by atoms with Crippen LogP contribution < -0.4 is 11.1 Å². The summed E-state index contributed by atoms with van der Waals surface area (Å²) in [6, 6.07) is 22.2. The Morgan fingerprint density at radius 2 is 1.80 bits per heavy atom. The Balaban J connectivity index is 1.71. The molecular weight excluding hydrogens is 380 g/mol. The zero-order chi connectivity index (χ0) is 21.1. The number of benzene rings is 3. The van der Waals surface area contributed by atoms with Crippen molar-refractivity contribution in [2.75, 3.05) is 11.9 Å². The molecule has 4 aromatic rings. The van der Waals surface area contributed by atoms with Crippen LogP contribution in [-0.4, -0.2) is 22.4 Å². The second-order valence-corrected chi connectivity index (χ2v) is 6.99. The number of fused-ring (bicyclic) bond motifs is 1. The van der Waals surface area contributed by atoms with Crippen molar-refractivity contribution in [1.82, 2.24) is 4.98 Å². The summed E-state index contributed by atoms with van der Waals surface area (Å²) in [7, 11) is 0. The first-order chi connectivity index (χ1) is 14.5. The van der Waals surface area contributed by atoms with E-state index in [2.05, 4.69) is 16.4 Å². The van der Waals surface area contributed by atoms with E-state index in [9.17, 15) is 14.9 Å². The van der Waals surface area contributed by atoms with Gasteiger partial charge in [-0.15, -0.1) is 0 Å². The molecule has 30 heavy (non-hydrogen) atoms. The van der Waals surface area contributed by atoms with Crippen molar-refractivity contribution in [2.24, 2.45) is 5.73 Å². The second kappa shape index (κ2) is 8.08. The Labute approximate surface area is 172 Å². The van der Waals surface area contributed by atoms with Crippen LogP contribution in [0.25, 0.3) is 10.9 Å². The molecule has 7 nitrogen and oxygen atoms in total. The van der Waals surface area contributed by atoms with Gasteiger partial charge in [0.2, 0.25) is 5.91 Å². The Hall–Kier alpha value is -4.13. The predicted octanol–water partition coefficient (Wildman–Crippen LogP) is 4.42. The number of carbonyl (C=O) groups excluding carboxylic acids is 1. The average molecular weight is 400 g/mol. The smallest absolute Gasteiger partial charge is 0.293 e. The molecule has 0 spiro atoms. The largest absolute Gasteiger partial charge is 0.379 e. The first-order valence-corrected chi connectivity index (χ1v) is 9.47. The number of hydrogen-bond donors (Lipinski definition) is 3. The molecule has 0 unspecified atom stereocenters. The maximum absolute atomic E-state index is 11.5. The Morgan fingerprint density at radius 3 is 2.53 bits per heavy atom. The fourth-order valence-electron chi connectivity index (χ4n) is 3.67. The van der Waals surface area contributed by atoms with Gasteiger partial charge in [-0.2, -0.15) is 0 Å². The third-order valence-electron chi connectivity index (χ3n) is 5.17. The molecule has 0 aliphatic heterocycles. The van der Waals surface area contributed by atoms with E-state index in [4.69, 9.17) is 5.73 Å². The molecule has 1 heterocycles. The number of nitro groups is 1. The van der Waals surface area contributed by atoms with Gasteiger partial charge in [-0.1, -0.05) is 48.5 Å². The molecule has 150 valence electrons. The van der Waals surface area contributed by atoms with Gasteiger partial charge in [0.15, 0.2) is 0 Å². The lowest BCUT2D eigenvalue weighted by Gasteiger charge is -2.19. The number of H-pyrrole nitrogens is 1. The molecule has 1 amide bonds. The number of aromatic nitrogens is 1. The zero-order valence-corrected chi connectivity index (χ0v) is 16.0. The number of carbonyl (C=O) groups is 1. The molecule has 0 saturated heterocycles. The minimum Gasteiger partial charge on any atom is -0.379 e. The lowest BCUT2D eigenvalue weighted by Crippen LogP contribution is -2.16. The molecule has 1 aromatic heterocycles. The van der Waals surface area contributed by atoms with Gasteiger partial charge in [0.25, 0.3) is 5.69 Å². The number of rotatable bonds is 7. The maximum Gasteiger partial charge on any atom is 0.293 e. The number of para-hydroxylation sites is 1. The summed E-state index contributed by atoms with van der Waals surface area (Å²) in [4.78, 5) is 25.7. The normalized spacial score (nSPS) is 11.9. The zero-order valence-electron chi connectivity index (χ0n) is 16.0. The van der Waals surface area contributed by atoms with Crippen molar-refractivity contribution >= 4 is 28.2 Å². The number of aromatic amines is 1. The van der Waals surface area contributed by atoms with E-state index in [1.54, 1.807) is 0 Å². The summed E-state index contributed by atoms with van der Waals surface area (Å²) < 4.78 is 0.